The summed E-state index contributed by atoms with van der Waals surface area (Å²) in [6.45, 7) is 4.39. The van der Waals surface area contributed by atoms with Crippen LogP contribution in [-0.4, -0.2) is 38.6 Å². The average molecular weight is 309 g/mol. The van der Waals surface area contributed by atoms with Crippen molar-refractivity contribution < 1.29 is 14.7 Å². The van der Waals surface area contributed by atoms with Crippen LogP contribution in [0.4, 0.5) is 9.80 Å². The Labute approximate surface area is 124 Å². The molecule has 9 heteroatoms. The van der Waals surface area contributed by atoms with Crippen LogP contribution in [0.5, 0.6) is 0 Å². The summed E-state index contributed by atoms with van der Waals surface area (Å²) < 4.78 is 1.59. The first-order valence-electron chi connectivity index (χ1n) is 6.21. The summed E-state index contributed by atoms with van der Waals surface area (Å²) in [7, 11) is 0. The van der Waals surface area contributed by atoms with Crippen molar-refractivity contribution in [1.29, 1.82) is 0 Å². The number of aromatic nitrogens is 3. The molecule has 0 spiro atoms. The zero-order valence-corrected chi connectivity index (χ0v) is 12.4. The molecule has 2 amide bonds. The number of carbonyl (C=O) groups excluding carboxylic acids is 1. The predicted octanol–water partition coefficient (Wildman–Crippen LogP) is 1.48. The minimum atomic E-state index is -1.05. The number of nitrogens with zero attached hydrogens (tertiary/aromatic N) is 3. The Bertz CT molecular complexity index is 650. The number of urea groups is 1. The van der Waals surface area contributed by atoms with E-state index in [2.05, 4.69) is 20.9 Å². The maximum atomic E-state index is 11.8. The molecule has 2 aromatic rings. The molecule has 2 rings (SSSR count). The fourth-order valence-electron chi connectivity index (χ4n) is 1.76. The smallest absolute Gasteiger partial charge is 0.338 e. The number of amides is 2. The second-order valence-electron chi connectivity index (χ2n) is 4.34. The van der Waals surface area contributed by atoms with E-state index in [9.17, 15) is 14.7 Å². The predicted molar refractivity (Wildman–Crippen MR) is 77.8 cm³/mol. The minimum absolute atomic E-state index is 0.143. The van der Waals surface area contributed by atoms with Gasteiger partial charge in [-0.25, -0.2) is 9.59 Å². The molecule has 0 radical (unpaired) electrons. The van der Waals surface area contributed by atoms with Crippen LogP contribution in [-0.2, 0) is 6.54 Å². The molecule has 2 aromatic heterocycles. The highest BCUT2D eigenvalue weighted by Gasteiger charge is 2.20. The lowest BCUT2D eigenvalue weighted by Gasteiger charge is -2.07. The van der Waals surface area contributed by atoms with E-state index in [1.54, 1.807) is 24.0 Å². The fraction of sp³-hybridized carbons (Fsp3) is 0.333. The number of aryl methyl sites for hydroxylation is 1. The standard InChI is InChI=1S/C12H15N5O3S/c1-7-8(2)21-10(9(7)11(18)19)15-12(20)13-3-5-17-6-4-14-16-17/h4,6H,3,5H2,1-2H3,(H,18,19)(H2,13,15,20). The number of anilines is 1. The van der Waals surface area contributed by atoms with E-state index in [-0.39, 0.29) is 5.56 Å². The molecule has 3 N–H and O–H groups in total. The Morgan fingerprint density at radius 1 is 1.43 bits per heavy atom. The number of hydrogen-bond donors (Lipinski definition) is 3. The summed E-state index contributed by atoms with van der Waals surface area (Å²) >= 11 is 1.25. The van der Waals surface area contributed by atoms with Crippen molar-refractivity contribution in [3.05, 3.63) is 28.4 Å². The molecule has 0 aliphatic carbocycles. The normalized spacial score (nSPS) is 10.4. The van der Waals surface area contributed by atoms with Gasteiger partial charge in [-0.2, -0.15) is 0 Å². The Morgan fingerprint density at radius 3 is 2.81 bits per heavy atom. The van der Waals surface area contributed by atoms with E-state index < -0.39 is 12.0 Å². The van der Waals surface area contributed by atoms with Crippen molar-refractivity contribution in [2.75, 3.05) is 11.9 Å². The molecule has 0 aliphatic rings. The highest BCUT2D eigenvalue weighted by atomic mass is 32.1. The second kappa shape index (κ2) is 6.35. The summed E-state index contributed by atoms with van der Waals surface area (Å²) in [6.07, 6.45) is 3.24. The largest absolute Gasteiger partial charge is 0.478 e. The van der Waals surface area contributed by atoms with Crippen molar-refractivity contribution in [1.82, 2.24) is 20.3 Å². The van der Waals surface area contributed by atoms with E-state index in [1.165, 1.54) is 11.3 Å². The van der Waals surface area contributed by atoms with Gasteiger partial charge in [0, 0.05) is 17.6 Å². The number of nitrogens with one attached hydrogen (secondary N) is 2. The molecule has 21 heavy (non-hydrogen) atoms. The van der Waals surface area contributed by atoms with Gasteiger partial charge in [0.25, 0.3) is 0 Å². The SMILES string of the molecule is Cc1sc(NC(=O)NCCn2ccnn2)c(C(=O)O)c1C. The lowest BCUT2D eigenvalue weighted by molar-refractivity contribution is 0.0697. The van der Waals surface area contributed by atoms with E-state index in [1.807, 2.05) is 6.92 Å². The quantitative estimate of drug-likeness (QED) is 0.775. The molecule has 0 atom stereocenters. The Hall–Kier alpha value is -2.42. The van der Waals surface area contributed by atoms with Gasteiger partial charge >= 0.3 is 12.0 Å². The molecule has 0 aliphatic heterocycles. The highest BCUT2D eigenvalue weighted by molar-refractivity contribution is 7.16. The van der Waals surface area contributed by atoms with Crippen LogP contribution < -0.4 is 10.6 Å². The summed E-state index contributed by atoms with van der Waals surface area (Å²) in [4.78, 5) is 23.9. The highest BCUT2D eigenvalue weighted by Crippen LogP contribution is 2.32. The molecule has 0 unspecified atom stereocenters. The molecule has 8 nitrogen and oxygen atoms in total. The van der Waals surface area contributed by atoms with Gasteiger partial charge in [-0.05, 0) is 19.4 Å². The number of hydrogen-bond acceptors (Lipinski definition) is 5. The molecule has 0 fully saturated rings. The first kappa shape index (κ1) is 15.0. The average Bonchev–Trinajstić information content (AvgIpc) is 2.99. The molecular weight excluding hydrogens is 294 g/mol. The van der Waals surface area contributed by atoms with Crippen LogP contribution in [0.3, 0.4) is 0 Å². The van der Waals surface area contributed by atoms with Gasteiger partial charge in [0.05, 0.1) is 18.3 Å². The van der Waals surface area contributed by atoms with Gasteiger partial charge < -0.3 is 10.4 Å². The van der Waals surface area contributed by atoms with Crippen molar-refractivity contribution in [2.24, 2.45) is 0 Å². The van der Waals surface area contributed by atoms with E-state index in [0.29, 0.717) is 23.7 Å². The van der Waals surface area contributed by atoms with Gasteiger partial charge in [0.2, 0.25) is 0 Å². The Morgan fingerprint density at radius 2 is 2.19 bits per heavy atom. The molecule has 0 saturated heterocycles. The zero-order valence-electron chi connectivity index (χ0n) is 11.6. The van der Waals surface area contributed by atoms with Crippen molar-refractivity contribution >= 4 is 28.3 Å². The van der Waals surface area contributed by atoms with E-state index in [4.69, 9.17) is 0 Å². The fourth-order valence-corrected chi connectivity index (χ4v) is 2.80. The number of rotatable bonds is 5. The molecule has 112 valence electrons. The summed E-state index contributed by atoms with van der Waals surface area (Å²) in [5.41, 5.74) is 0.814. The molecule has 0 aromatic carbocycles. The maximum Gasteiger partial charge on any atom is 0.338 e. The third-order valence-corrected chi connectivity index (χ3v) is 4.05. The Kier molecular flexibility index (Phi) is 4.53. The van der Waals surface area contributed by atoms with Crippen molar-refractivity contribution in [3.63, 3.8) is 0 Å². The van der Waals surface area contributed by atoms with Gasteiger partial charge in [0.15, 0.2) is 0 Å². The van der Waals surface area contributed by atoms with Gasteiger partial charge in [-0.15, -0.1) is 16.4 Å². The molecular formula is C12H15N5O3S. The lowest BCUT2D eigenvalue weighted by atomic mass is 10.1. The zero-order chi connectivity index (χ0) is 15.4. The second-order valence-corrected chi connectivity index (χ2v) is 5.56. The number of carboxylic acid groups (broad SMARTS) is 1. The third-order valence-electron chi connectivity index (χ3n) is 2.92. The summed E-state index contributed by atoms with van der Waals surface area (Å²) in [5, 5.41) is 22.2. The van der Waals surface area contributed by atoms with Crippen LogP contribution in [0.25, 0.3) is 0 Å². The molecule has 0 saturated carbocycles. The number of carbonyl (C=O) groups is 2. The van der Waals surface area contributed by atoms with Gasteiger partial charge in [-0.1, -0.05) is 5.21 Å². The first-order valence-corrected chi connectivity index (χ1v) is 7.03. The first-order chi connectivity index (χ1) is 9.99. The van der Waals surface area contributed by atoms with Crippen LogP contribution in [0.2, 0.25) is 0 Å². The monoisotopic (exact) mass is 309 g/mol. The third kappa shape index (κ3) is 3.57. The lowest BCUT2D eigenvalue weighted by Crippen LogP contribution is -2.31. The van der Waals surface area contributed by atoms with Crippen LogP contribution >= 0.6 is 11.3 Å². The maximum absolute atomic E-state index is 11.8. The van der Waals surface area contributed by atoms with Crippen molar-refractivity contribution in [3.8, 4) is 0 Å². The minimum Gasteiger partial charge on any atom is -0.478 e. The van der Waals surface area contributed by atoms with E-state index in [0.717, 1.165) is 4.88 Å². The van der Waals surface area contributed by atoms with E-state index >= 15 is 0 Å². The van der Waals surface area contributed by atoms with Crippen LogP contribution in [0.1, 0.15) is 20.8 Å². The van der Waals surface area contributed by atoms with Crippen molar-refractivity contribution in [2.45, 2.75) is 20.4 Å². The van der Waals surface area contributed by atoms with Crippen LogP contribution in [0, 0.1) is 13.8 Å². The van der Waals surface area contributed by atoms with Gasteiger partial charge in [0.1, 0.15) is 5.00 Å². The Balaban J connectivity index is 1.93. The van der Waals surface area contributed by atoms with Gasteiger partial charge in [-0.3, -0.25) is 10.00 Å². The molecule has 0 bridgehead atoms. The number of thiophene rings is 1. The summed E-state index contributed by atoms with van der Waals surface area (Å²) in [5.74, 6) is -1.05. The topological polar surface area (TPSA) is 109 Å². The molecule has 2 heterocycles. The van der Waals surface area contributed by atoms with Crippen LogP contribution in [0.15, 0.2) is 12.4 Å². The number of aromatic carboxylic acids is 1. The summed E-state index contributed by atoms with van der Waals surface area (Å²) in [6, 6.07) is -0.445. The number of carboxylic acids is 1.